The number of nitrogens with zero attached hydrogens (tertiary/aromatic N) is 1. The second-order valence-corrected chi connectivity index (χ2v) is 5.39. The Hall–Kier alpha value is -0.610. The highest BCUT2D eigenvalue weighted by atomic mass is 16.2. The van der Waals surface area contributed by atoms with E-state index in [4.69, 9.17) is 0 Å². The molecule has 1 heterocycles. The number of carbonyl (C=O) groups excluding carboxylic acids is 1. The average Bonchev–Trinajstić information content (AvgIpc) is 2.77. The van der Waals surface area contributed by atoms with E-state index in [0.29, 0.717) is 12.1 Å². The Balaban J connectivity index is 2.15. The van der Waals surface area contributed by atoms with Crippen molar-refractivity contribution >= 4 is 5.91 Å². The molecule has 1 aliphatic carbocycles. The Morgan fingerprint density at radius 1 is 1.35 bits per heavy atom. The van der Waals surface area contributed by atoms with Gasteiger partial charge in [-0.15, -0.1) is 0 Å². The Morgan fingerprint density at radius 2 is 2.06 bits per heavy atom. The molecule has 2 N–H and O–H groups in total. The molecular formula is C13H25N3O. The van der Waals surface area contributed by atoms with E-state index in [0.717, 1.165) is 19.5 Å². The fraction of sp³-hybridized carbons (Fsp3) is 0.923. The van der Waals surface area contributed by atoms with Gasteiger partial charge in [0.2, 0.25) is 5.91 Å². The monoisotopic (exact) mass is 239 g/mol. The molecule has 1 saturated heterocycles. The number of carbonyl (C=O) groups is 1. The Kier molecular flexibility index (Phi) is 4.40. The van der Waals surface area contributed by atoms with Crippen molar-refractivity contribution < 1.29 is 4.79 Å². The van der Waals surface area contributed by atoms with E-state index in [1.54, 1.807) is 0 Å². The first-order valence-electron chi connectivity index (χ1n) is 6.93. The van der Waals surface area contributed by atoms with Crippen LogP contribution in [0.5, 0.6) is 0 Å². The predicted octanol–water partition coefficient (Wildman–Crippen LogP) is 0.727. The molecule has 2 rings (SSSR count). The molecule has 2 atom stereocenters. The molecule has 1 saturated carbocycles. The van der Waals surface area contributed by atoms with Gasteiger partial charge in [0.1, 0.15) is 6.04 Å². The van der Waals surface area contributed by atoms with Crippen LogP contribution < -0.4 is 10.6 Å². The standard InChI is InChI=1S/C13H25N3O/c1-10-7-8-15-13(17)12(9-14-2)16(10)11-5-3-4-6-11/h10-12,14H,3-9H2,1-2H3,(H,15,17). The normalized spacial score (nSPS) is 32.5. The van der Waals surface area contributed by atoms with E-state index in [1.165, 1.54) is 25.7 Å². The molecule has 0 aromatic rings. The van der Waals surface area contributed by atoms with Crippen LogP contribution in [0, 0.1) is 0 Å². The summed E-state index contributed by atoms with van der Waals surface area (Å²) >= 11 is 0. The molecule has 2 aliphatic rings. The third kappa shape index (κ3) is 2.80. The van der Waals surface area contributed by atoms with Crippen LogP contribution in [0.15, 0.2) is 0 Å². The number of hydrogen-bond donors (Lipinski definition) is 2. The van der Waals surface area contributed by atoms with Crippen LogP contribution in [0.1, 0.15) is 39.0 Å². The smallest absolute Gasteiger partial charge is 0.238 e. The van der Waals surface area contributed by atoms with Crippen molar-refractivity contribution in [1.29, 1.82) is 0 Å². The van der Waals surface area contributed by atoms with Gasteiger partial charge in [-0.2, -0.15) is 0 Å². The highest BCUT2D eigenvalue weighted by Crippen LogP contribution is 2.28. The molecule has 0 aromatic carbocycles. The van der Waals surface area contributed by atoms with Crippen molar-refractivity contribution in [2.24, 2.45) is 0 Å². The lowest BCUT2D eigenvalue weighted by Crippen LogP contribution is -2.55. The molecule has 4 nitrogen and oxygen atoms in total. The van der Waals surface area contributed by atoms with Crippen LogP contribution in [0.2, 0.25) is 0 Å². The van der Waals surface area contributed by atoms with Gasteiger partial charge in [-0.25, -0.2) is 0 Å². The van der Waals surface area contributed by atoms with Crippen LogP contribution in [0.25, 0.3) is 0 Å². The molecule has 98 valence electrons. The van der Waals surface area contributed by atoms with E-state index in [1.807, 2.05) is 7.05 Å². The van der Waals surface area contributed by atoms with Crippen molar-refractivity contribution in [3.05, 3.63) is 0 Å². The lowest BCUT2D eigenvalue weighted by Gasteiger charge is -2.38. The second kappa shape index (κ2) is 5.83. The summed E-state index contributed by atoms with van der Waals surface area (Å²) in [6.45, 7) is 3.84. The van der Waals surface area contributed by atoms with Gasteiger partial charge >= 0.3 is 0 Å². The first kappa shape index (κ1) is 12.8. The third-order valence-corrected chi connectivity index (χ3v) is 4.18. The van der Waals surface area contributed by atoms with Gasteiger partial charge in [0, 0.05) is 25.2 Å². The molecule has 0 aromatic heterocycles. The molecule has 2 fully saturated rings. The van der Waals surface area contributed by atoms with E-state index in [-0.39, 0.29) is 11.9 Å². The van der Waals surface area contributed by atoms with Crippen molar-refractivity contribution in [1.82, 2.24) is 15.5 Å². The van der Waals surface area contributed by atoms with Gasteiger partial charge < -0.3 is 10.6 Å². The number of rotatable bonds is 3. The molecule has 0 radical (unpaired) electrons. The number of nitrogens with one attached hydrogen (secondary N) is 2. The lowest BCUT2D eigenvalue weighted by atomic mass is 10.1. The largest absolute Gasteiger partial charge is 0.355 e. The minimum absolute atomic E-state index is 0.0144. The van der Waals surface area contributed by atoms with E-state index in [9.17, 15) is 4.79 Å². The topological polar surface area (TPSA) is 44.4 Å². The highest BCUT2D eigenvalue weighted by Gasteiger charge is 2.37. The summed E-state index contributed by atoms with van der Waals surface area (Å²) in [6.07, 6.45) is 6.24. The molecule has 1 aliphatic heterocycles. The number of amides is 1. The van der Waals surface area contributed by atoms with Crippen molar-refractivity contribution in [3.8, 4) is 0 Å². The maximum atomic E-state index is 12.1. The Labute approximate surface area is 104 Å². The Bertz CT molecular complexity index is 263. The summed E-state index contributed by atoms with van der Waals surface area (Å²) in [5.74, 6) is 0.204. The van der Waals surface area contributed by atoms with Gasteiger partial charge in [0.25, 0.3) is 0 Å². The number of hydrogen-bond acceptors (Lipinski definition) is 3. The molecule has 17 heavy (non-hydrogen) atoms. The van der Waals surface area contributed by atoms with Crippen LogP contribution in [0.3, 0.4) is 0 Å². The quantitative estimate of drug-likeness (QED) is 0.763. The molecule has 4 heteroatoms. The SMILES string of the molecule is CNCC1C(=O)NCCC(C)N1C1CCCC1. The van der Waals surface area contributed by atoms with Gasteiger partial charge in [-0.05, 0) is 33.2 Å². The molecule has 0 bridgehead atoms. The summed E-state index contributed by atoms with van der Waals surface area (Å²) in [6, 6.07) is 1.14. The van der Waals surface area contributed by atoms with Gasteiger partial charge in [0.05, 0.1) is 0 Å². The van der Waals surface area contributed by atoms with Crippen molar-refractivity contribution in [2.45, 2.75) is 57.2 Å². The minimum atomic E-state index is 0.0144. The van der Waals surface area contributed by atoms with Crippen LogP contribution in [-0.2, 0) is 4.79 Å². The fourth-order valence-electron chi connectivity index (χ4n) is 3.32. The first-order chi connectivity index (χ1) is 8.24. The maximum Gasteiger partial charge on any atom is 0.238 e. The molecular weight excluding hydrogens is 214 g/mol. The third-order valence-electron chi connectivity index (χ3n) is 4.18. The first-order valence-corrected chi connectivity index (χ1v) is 6.93. The van der Waals surface area contributed by atoms with Crippen LogP contribution in [0.4, 0.5) is 0 Å². The number of likely N-dealkylation sites (N-methyl/N-ethyl adjacent to an activating group) is 1. The molecule has 0 spiro atoms. The van der Waals surface area contributed by atoms with Crippen molar-refractivity contribution in [3.63, 3.8) is 0 Å². The summed E-state index contributed by atoms with van der Waals surface area (Å²) in [5.41, 5.74) is 0. The van der Waals surface area contributed by atoms with E-state index >= 15 is 0 Å². The zero-order valence-electron chi connectivity index (χ0n) is 11.0. The second-order valence-electron chi connectivity index (χ2n) is 5.39. The zero-order valence-corrected chi connectivity index (χ0v) is 11.0. The van der Waals surface area contributed by atoms with Crippen molar-refractivity contribution in [2.75, 3.05) is 20.1 Å². The lowest BCUT2D eigenvalue weighted by molar-refractivity contribution is -0.126. The molecule has 2 unspecified atom stereocenters. The van der Waals surface area contributed by atoms with Gasteiger partial charge in [-0.3, -0.25) is 9.69 Å². The van der Waals surface area contributed by atoms with E-state index in [2.05, 4.69) is 22.5 Å². The van der Waals surface area contributed by atoms with Gasteiger partial charge in [-0.1, -0.05) is 12.8 Å². The summed E-state index contributed by atoms with van der Waals surface area (Å²) < 4.78 is 0. The molecule has 1 amide bonds. The fourth-order valence-corrected chi connectivity index (χ4v) is 3.32. The predicted molar refractivity (Wildman–Crippen MR) is 68.9 cm³/mol. The summed E-state index contributed by atoms with van der Waals surface area (Å²) in [7, 11) is 1.93. The zero-order chi connectivity index (χ0) is 12.3. The minimum Gasteiger partial charge on any atom is -0.355 e. The summed E-state index contributed by atoms with van der Waals surface area (Å²) in [5, 5.41) is 6.21. The van der Waals surface area contributed by atoms with Crippen LogP contribution in [-0.4, -0.2) is 49.1 Å². The van der Waals surface area contributed by atoms with Gasteiger partial charge in [0.15, 0.2) is 0 Å². The Morgan fingerprint density at radius 3 is 2.71 bits per heavy atom. The van der Waals surface area contributed by atoms with Crippen LogP contribution >= 0.6 is 0 Å². The summed E-state index contributed by atoms with van der Waals surface area (Å²) in [4.78, 5) is 14.6. The van der Waals surface area contributed by atoms with E-state index < -0.39 is 0 Å². The highest BCUT2D eigenvalue weighted by molar-refractivity contribution is 5.82. The maximum absolute atomic E-state index is 12.1. The average molecular weight is 239 g/mol.